The molecule has 0 aromatic heterocycles. The summed E-state index contributed by atoms with van der Waals surface area (Å²) in [4.78, 5) is 34.9. The van der Waals surface area contributed by atoms with Gasteiger partial charge in [0.25, 0.3) is 11.6 Å². The molecule has 27 heavy (non-hydrogen) atoms. The Labute approximate surface area is 155 Å². The lowest BCUT2D eigenvalue weighted by atomic mass is 10.1. The molecule has 0 aliphatic rings. The first-order valence-electron chi connectivity index (χ1n) is 7.97. The topological polar surface area (TPSA) is 120 Å². The molecule has 2 N–H and O–H groups in total. The van der Waals surface area contributed by atoms with Gasteiger partial charge in [0.15, 0.2) is 6.10 Å². The van der Waals surface area contributed by atoms with Crippen molar-refractivity contribution in [3.8, 4) is 5.75 Å². The largest absolute Gasteiger partial charge is 0.497 e. The highest BCUT2D eigenvalue weighted by atomic mass is 16.6. The zero-order valence-corrected chi connectivity index (χ0v) is 15.0. The normalized spacial score (nSPS) is 11.2. The molecule has 0 spiro atoms. The Balaban J connectivity index is 2.08. The number of nitrogens with one attached hydrogen (secondary N) is 2. The predicted molar refractivity (Wildman–Crippen MR) is 99.1 cm³/mol. The molecule has 2 aromatic carbocycles. The van der Waals surface area contributed by atoms with E-state index < -0.39 is 22.9 Å². The second kappa shape index (κ2) is 8.65. The average Bonchev–Trinajstić information content (AvgIpc) is 2.67. The van der Waals surface area contributed by atoms with Gasteiger partial charge in [0.1, 0.15) is 5.75 Å². The summed E-state index contributed by atoms with van der Waals surface area (Å²) in [7, 11) is 3.10. The van der Waals surface area contributed by atoms with Gasteiger partial charge in [-0.25, -0.2) is 4.79 Å². The number of hydrogen-bond acceptors (Lipinski definition) is 7. The minimum Gasteiger partial charge on any atom is -0.497 e. The number of hydrogen-bond donors (Lipinski definition) is 2. The Kier molecular flexibility index (Phi) is 6.32. The fourth-order valence-corrected chi connectivity index (χ4v) is 2.23. The Hall–Kier alpha value is -3.62. The van der Waals surface area contributed by atoms with Crippen LogP contribution in [-0.2, 0) is 9.53 Å². The van der Waals surface area contributed by atoms with Crippen LogP contribution in [0.1, 0.15) is 17.3 Å². The summed E-state index contributed by atoms with van der Waals surface area (Å²) >= 11 is 0. The van der Waals surface area contributed by atoms with Crippen molar-refractivity contribution in [3.05, 3.63) is 58.1 Å². The van der Waals surface area contributed by atoms with Gasteiger partial charge in [-0.1, -0.05) is 0 Å². The zero-order valence-electron chi connectivity index (χ0n) is 15.0. The van der Waals surface area contributed by atoms with E-state index in [1.807, 2.05) is 0 Å². The van der Waals surface area contributed by atoms with Gasteiger partial charge in [0.2, 0.25) is 0 Å². The van der Waals surface area contributed by atoms with Gasteiger partial charge in [-0.3, -0.25) is 14.9 Å². The Morgan fingerprint density at radius 2 is 1.81 bits per heavy atom. The van der Waals surface area contributed by atoms with Crippen LogP contribution in [-0.4, -0.2) is 37.1 Å². The summed E-state index contributed by atoms with van der Waals surface area (Å²) in [6.07, 6.45) is -1.11. The number of esters is 1. The monoisotopic (exact) mass is 373 g/mol. The Bertz CT molecular complexity index is 851. The number of anilines is 2. The summed E-state index contributed by atoms with van der Waals surface area (Å²) in [5.41, 5.74) is 0.579. The van der Waals surface area contributed by atoms with Crippen LogP contribution in [0.2, 0.25) is 0 Å². The number of ether oxygens (including phenoxy) is 2. The number of benzene rings is 2. The number of methoxy groups -OCH3 is 1. The number of nitrogens with zero attached hydrogens (tertiary/aromatic N) is 1. The molecule has 0 fully saturated rings. The van der Waals surface area contributed by atoms with E-state index in [1.165, 1.54) is 26.2 Å². The van der Waals surface area contributed by atoms with E-state index in [9.17, 15) is 19.7 Å². The summed E-state index contributed by atoms with van der Waals surface area (Å²) in [6.45, 7) is 1.41. The lowest BCUT2D eigenvalue weighted by Gasteiger charge is -2.15. The molecular weight excluding hydrogens is 354 g/mol. The molecule has 2 aromatic rings. The van der Waals surface area contributed by atoms with Crippen LogP contribution >= 0.6 is 0 Å². The lowest BCUT2D eigenvalue weighted by molar-refractivity contribution is -0.384. The molecule has 0 radical (unpaired) electrons. The third-order valence-corrected chi connectivity index (χ3v) is 3.71. The molecule has 0 saturated carbocycles. The first-order chi connectivity index (χ1) is 12.8. The third-order valence-electron chi connectivity index (χ3n) is 3.71. The summed E-state index contributed by atoms with van der Waals surface area (Å²) in [5.74, 6) is -0.747. The second-order valence-electron chi connectivity index (χ2n) is 5.50. The first kappa shape index (κ1) is 19.7. The van der Waals surface area contributed by atoms with Gasteiger partial charge >= 0.3 is 5.97 Å². The fraction of sp³-hybridized carbons (Fsp3) is 0.222. The van der Waals surface area contributed by atoms with E-state index in [4.69, 9.17) is 9.47 Å². The van der Waals surface area contributed by atoms with Gasteiger partial charge in [-0.2, -0.15) is 0 Å². The van der Waals surface area contributed by atoms with Crippen LogP contribution < -0.4 is 15.4 Å². The number of carbonyl (C=O) groups is 2. The smallest absolute Gasteiger partial charge is 0.341 e. The summed E-state index contributed by atoms with van der Waals surface area (Å²) in [5, 5.41) is 16.3. The number of rotatable bonds is 7. The van der Waals surface area contributed by atoms with E-state index in [-0.39, 0.29) is 11.3 Å². The maximum absolute atomic E-state index is 12.4. The van der Waals surface area contributed by atoms with E-state index in [0.717, 1.165) is 6.07 Å². The molecule has 0 heterocycles. The highest BCUT2D eigenvalue weighted by Gasteiger charge is 2.23. The number of carbonyl (C=O) groups excluding carboxylic acids is 2. The SMILES string of the molecule is CNc1ccc([N+](=O)[O-])cc1C(=O)O[C@@H](C)C(=O)Nc1ccc(OC)cc1. The number of amides is 1. The van der Waals surface area contributed by atoms with Crippen LogP contribution in [0.5, 0.6) is 5.75 Å². The van der Waals surface area contributed by atoms with Crippen molar-refractivity contribution in [2.24, 2.45) is 0 Å². The summed E-state index contributed by atoms with van der Waals surface area (Å²) in [6, 6.07) is 10.4. The van der Waals surface area contributed by atoms with Gasteiger partial charge in [0.05, 0.1) is 17.6 Å². The van der Waals surface area contributed by atoms with Gasteiger partial charge in [-0.05, 0) is 37.3 Å². The van der Waals surface area contributed by atoms with Gasteiger partial charge in [0, 0.05) is 30.6 Å². The highest BCUT2D eigenvalue weighted by Crippen LogP contribution is 2.23. The number of nitro benzene ring substituents is 1. The zero-order chi connectivity index (χ0) is 20.0. The maximum Gasteiger partial charge on any atom is 0.341 e. The summed E-state index contributed by atoms with van der Waals surface area (Å²) < 4.78 is 10.2. The molecule has 0 unspecified atom stereocenters. The van der Waals surface area contributed by atoms with Crippen molar-refractivity contribution in [2.45, 2.75) is 13.0 Å². The van der Waals surface area contributed by atoms with Crippen molar-refractivity contribution in [2.75, 3.05) is 24.8 Å². The third kappa shape index (κ3) is 4.94. The molecule has 1 atom stereocenters. The Morgan fingerprint density at radius 3 is 2.37 bits per heavy atom. The first-order valence-corrected chi connectivity index (χ1v) is 7.97. The molecule has 2 rings (SSSR count). The molecule has 0 aliphatic heterocycles. The van der Waals surface area contributed by atoms with E-state index in [2.05, 4.69) is 10.6 Å². The molecule has 0 saturated heterocycles. The highest BCUT2D eigenvalue weighted by molar-refractivity contribution is 6.00. The predicted octanol–water partition coefficient (Wildman–Crippen LogP) is 2.83. The molecule has 1 amide bonds. The molecule has 0 aliphatic carbocycles. The van der Waals surface area contributed by atoms with Crippen molar-refractivity contribution < 1.29 is 24.0 Å². The minimum atomic E-state index is -1.11. The number of nitro groups is 1. The number of non-ortho nitro benzene ring substituents is 1. The molecule has 0 bridgehead atoms. The van der Waals surface area contributed by atoms with E-state index >= 15 is 0 Å². The standard InChI is InChI=1S/C18H19N3O6/c1-11(17(22)20-12-4-7-14(26-3)8-5-12)27-18(23)15-10-13(21(24)25)6-9-16(15)19-2/h4-11,19H,1-3H3,(H,20,22)/t11-/m0/s1. The maximum atomic E-state index is 12.4. The fourth-order valence-electron chi connectivity index (χ4n) is 2.23. The quantitative estimate of drug-likeness (QED) is 0.435. The van der Waals surface area contributed by atoms with Crippen LogP contribution in [0.15, 0.2) is 42.5 Å². The van der Waals surface area contributed by atoms with Crippen LogP contribution in [0, 0.1) is 10.1 Å². The second-order valence-corrected chi connectivity index (χ2v) is 5.50. The average molecular weight is 373 g/mol. The molecule has 9 heteroatoms. The van der Waals surface area contributed by atoms with Gasteiger partial charge in [-0.15, -0.1) is 0 Å². The van der Waals surface area contributed by atoms with E-state index in [0.29, 0.717) is 17.1 Å². The van der Waals surface area contributed by atoms with Crippen molar-refractivity contribution in [1.29, 1.82) is 0 Å². The molecule has 9 nitrogen and oxygen atoms in total. The molecular formula is C18H19N3O6. The van der Waals surface area contributed by atoms with Gasteiger partial charge < -0.3 is 20.1 Å². The van der Waals surface area contributed by atoms with E-state index in [1.54, 1.807) is 31.3 Å². The van der Waals surface area contributed by atoms with Crippen molar-refractivity contribution in [1.82, 2.24) is 0 Å². The van der Waals surface area contributed by atoms with Crippen LogP contribution in [0.25, 0.3) is 0 Å². The lowest BCUT2D eigenvalue weighted by Crippen LogP contribution is -2.30. The van der Waals surface area contributed by atoms with Crippen molar-refractivity contribution in [3.63, 3.8) is 0 Å². The molecule has 142 valence electrons. The minimum absolute atomic E-state index is 0.0317. The van der Waals surface area contributed by atoms with Crippen LogP contribution in [0.3, 0.4) is 0 Å². The Morgan fingerprint density at radius 1 is 1.15 bits per heavy atom. The van der Waals surface area contributed by atoms with Crippen LogP contribution in [0.4, 0.5) is 17.1 Å². The van der Waals surface area contributed by atoms with Crippen molar-refractivity contribution >= 4 is 28.9 Å².